The summed E-state index contributed by atoms with van der Waals surface area (Å²) in [4.78, 5) is 3.41. The Morgan fingerprint density at radius 1 is 1.53 bits per heavy atom. The van der Waals surface area contributed by atoms with E-state index in [9.17, 15) is 12.8 Å². The lowest BCUT2D eigenvalue weighted by atomic mass is 10.1. The first-order valence-electron chi connectivity index (χ1n) is 4.42. The number of nitrogens with zero attached hydrogens (tertiary/aromatic N) is 1. The van der Waals surface area contributed by atoms with Crippen LogP contribution in [0.3, 0.4) is 0 Å². The van der Waals surface area contributed by atoms with Gasteiger partial charge in [-0.2, -0.15) is 12.8 Å². The molecular weight excluding hydrogens is 221 g/mol. The van der Waals surface area contributed by atoms with Crippen molar-refractivity contribution >= 4 is 10.1 Å². The van der Waals surface area contributed by atoms with Crippen LogP contribution in [-0.2, 0) is 20.7 Å². The molecule has 4 nitrogen and oxygen atoms in total. The average molecular weight is 233 g/mol. The minimum atomic E-state index is -3.37. The first-order valence-corrected chi connectivity index (χ1v) is 6.24. The van der Waals surface area contributed by atoms with Gasteiger partial charge >= 0.3 is 0 Å². The molecule has 84 valence electrons. The quantitative estimate of drug-likeness (QED) is 0.434. The third-order valence-electron chi connectivity index (χ3n) is 1.70. The van der Waals surface area contributed by atoms with Crippen LogP contribution in [0, 0.1) is 5.95 Å². The van der Waals surface area contributed by atoms with E-state index in [4.69, 9.17) is 0 Å². The van der Waals surface area contributed by atoms with E-state index in [1.807, 2.05) is 0 Å². The van der Waals surface area contributed by atoms with E-state index < -0.39 is 16.1 Å². The average Bonchev–Trinajstić information content (AvgIpc) is 2.11. The number of hydrogen-bond donors (Lipinski definition) is 0. The molecule has 1 aromatic rings. The second-order valence-electron chi connectivity index (χ2n) is 3.12. The molecule has 0 aliphatic heterocycles. The Labute approximate surface area is 88.2 Å². The largest absolute Gasteiger partial charge is 0.270 e. The van der Waals surface area contributed by atoms with Crippen LogP contribution in [0.1, 0.15) is 12.0 Å². The standard InChI is InChI=1S/C9H12FNO3S/c1-15(12,13)14-6-2-3-8-4-5-11-9(10)7-8/h4-5,7H,2-3,6H2,1H3. The van der Waals surface area contributed by atoms with Gasteiger partial charge in [-0.05, 0) is 30.5 Å². The molecule has 0 aromatic carbocycles. The SMILES string of the molecule is CS(=O)(=O)OCCCc1ccnc(F)c1. The van der Waals surface area contributed by atoms with Gasteiger partial charge < -0.3 is 0 Å². The van der Waals surface area contributed by atoms with E-state index in [2.05, 4.69) is 9.17 Å². The van der Waals surface area contributed by atoms with Gasteiger partial charge in [-0.25, -0.2) is 4.98 Å². The highest BCUT2D eigenvalue weighted by atomic mass is 32.2. The number of halogens is 1. The van der Waals surface area contributed by atoms with Crippen molar-refractivity contribution in [1.82, 2.24) is 4.98 Å². The summed E-state index contributed by atoms with van der Waals surface area (Å²) >= 11 is 0. The molecule has 1 aromatic heterocycles. The van der Waals surface area contributed by atoms with Gasteiger partial charge in [0, 0.05) is 6.20 Å². The maximum Gasteiger partial charge on any atom is 0.264 e. The molecule has 0 bridgehead atoms. The summed E-state index contributed by atoms with van der Waals surface area (Å²) in [5.74, 6) is -0.531. The molecule has 0 amide bonds. The minimum Gasteiger partial charge on any atom is -0.270 e. The second-order valence-corrected chi connectivity index (χ2v) is 4.76. The van der Waals surface area contributed by atoms with Crippen molar-refractivity contribution in [2.24, 2.45) is 0 Å². The third-order valence-corrected chi connectivity index (χ3v) is 2.29. The van der Waals surface area contributed by atoms with Crippen LogP contribution >= 0.6 is 0 Å². The number of hydrogen-bond acceptors (Lipinski definition) is 4. The minimum absolute atomic E-state index is 0.114. The van der Waals surface area contributed by atoms with Gasteiger partial charge in [0.15, 0.2) is 0 Å². The fraction of sp³-hybridized carbons (Fsp3) is 0.444. The van der Waals surface area contributed by atoms with Gasteiger partial charge in [-0.1, -0.05) is 0 Å². The molecule has 0 N–H and O–H groups in total. The molecule has 0 spiro atoms. The maximum absolute atomic E-state index is 12.6. The zero-order chi connectivity index (χ0) is 11.3. The first-order chi connectivity index (χ1) is 6.97. The van der Waals surface area contributed by atoms with Crippen LogP contribution < -0.4 is 0 Å². The van der Waals surface area contributed by atoms with Crippen LogP contribution in [0.15, 0.2) is 18.3 Å². The monoisotopic (exact) mass is 233 g/mol. The highest BCUT2D eigenvalue weighted by molar-refractivity contribution is 7.85. The number of rotatable bonds is 5. The molecule has 0 saturated heterocycles. The summed E-state index contributed by atoms with van der Waals surface area (Å²) < 4.78 is 38.4. The summed E-state index contributed by atoms with van der Waals surface area (Å²) in [5.41, 5.74) is 0.777. The molecule has 0 unspecified atom stereocenters. The topological polar surface area (TPSA) is 56.3 Å². The highest BCUT2D eigenvalue weighted by Crippen LogP contribution is 2.04. The number of aromatic nitrogens is 1. The second kappa shape index (κ2) is 5.18. The van der Waals surface area contributed by atoms with Crippen LogP contribution in [0.5, 0.6) is 0 Å². The van der Waals surface area contributed by atoms with E-state index in [0.29, 0.717) is 12.8 Å². The molecule has 15 heavy (non-hydrogen) atoms. The van der Waals surface area contributed by atoms with E-state index in [1.165, 1.54) is 12.3 Å². The molecule has 0 aliphatic rings. The van der Waals surface area contributed by atoms with Crippen molar-refractivity contribution in [1.29, 1.82) is 0 Å². The van der Waals surface area contributed by atoms with Crippen LogP contribution in [0.2, 0.25) is 0 Å². The van der Waals surface area contributed by atoms with Gasteiger partial charge in [0.2, 0.25) is 5.95 Å². The van der Waals surface area contributed by atoms with Crippen LogP contribution in [0.25, 0.3) is 0 Å². The molecule has 0 aliphatic carbocycles. The smallest absolute Gasteiger partial charge is 0.264 e. The summed E-state index contributed by atoms with van der Waals surface area (Å²) in [6.07, 6.45) is 3.46. The maximum atomic E-state index is 12.6. The lowest BCUT2D eigenvalue weighted by Gasteiger charge is -2.01. The third kappa shape index (κ3) is 5.44. The fourth-order valence-electron chi connectivity index (χ4n) is 1.08. The van der Waals surface area contributed by atoms with Crippen molar-refractivity contribution in [3.63, 3.8) is 0 Å². The summed E-state index contributed by atoms with van der Waals surface area (Å²) in [7, 11) is -3.37. The Hall–Kier alpha value is -1.01. The van der Waals surface area contributed by atoms with Gasteiger partial charge in [0.1, 0.15) is 0 Å². The molecule has 0 radical (unpaired) electrons. The van der Waals surface area contributed by atoms with Crippen molar-refractivity contribution in [2.45, 2.75) is 12.8 Å². The van der Waals surface area contributed by atoms with Gasteiger partial charge in [0.05, 0.1) is 12.9 Å². The molecule has 1 heterocycles. The molecular formula is C9H12FNO3S. The Kier molecular flexibility index (Phi) is 4.16. The molecule has 6 heteroatoms. The lowest BCUT2D eigenvalue weighted by molar-refractivity contribution is 0.315. The number of aryl methyl sites for hydroxylation is 1. The van der Waals surface area contributed by atoms with E-state index >= 15 is 0 Å². The Balaban J connectivity index is 2.32. The Morgan fingerprint density at radius 3 is 2.87 bits per heavy atom. The zero-order valence-electron chi connectivity index (χ0n) is 8.31. The normalized spacial score (nSPS) is 11.6. The van der Waals surface area contributed by atoms with E-state index in [-0.39, 0.29) is 6.61 Å². The van der Waals surface area contributed by atoms with Crippen molar-refractivity contribution < 1.29 is 17.0 Å². The number of pyridine rings is 1. The van der Waals surface area contributed by atoms with Crippen molar-refractivity contribution in [3.05, 3.63) is 29.8 Å². The van der Waals surface area contributed by atoms with Gasteiger partial charge in [-0.15, -0.1) is 0 Å². The Bertz CT molecular complexity index is 419. The predicted octanol–water partition coefficient (Wildman–Crippen LogP) is 1.13. The summed E-state index contributed by atoms with van der Waals surface area (Å²) in [6.45, 7) is 0.114. The summed E-state index contributed by atoms with van der Waals surface area (Å²) in [6, 6.07) is 3.00. The molecule has 1 rings (SSSR count). The lowest BCUT2D eigenvalue weighted by Crippen LogP contribution is -2.05. The van der Waals surface area contributed by atoms with Crippen molar-refractivity contribution in [3.8, 4) is 0 Å². The Morgan fingerprint density at radius 2 is 2.27 bits per heavy atom. The zero-order valence-corrected chi connectivity index (χ0v) is 9.13. The predicted molar refractivity (Wildman–Crippen MR) is 53.3 cm³/mol. The molecule has 0 fully saturated rings. The van der Waals surface area contributed by atoms with Crippen LogP contribution in [0.4, 0.5) is 4.39 Å². The van der Waals surface area contributed by atoms with E-state index in [0.717, 1.165) is 11.8 Å². The van der Waals surface area contributed by atoms with E-state index in [1.54, 1.807) is 6.07 Å². The molecule has 0 atom stereocenters. The van der Waals surface area contributed by atoms with Gasteiger partial charge in [-0.3, -0.25) is 4.18 Å². The molecule has 0 saturated carbocycles. The fourth-order valence-corrected chi connectivity index (χ4v) is 1.51. The summed E-state index contributed by atoms with van der Waals surface area (Å²) in [5, 5.41) is 0. The van der Waals surface area contributed by atoms with Crippen LogP contribution in [-0.4, -0.2) is 26.3 Å². The van der Waals surface area contributed by atoms with Crippen molar-refractivity contribution in [2.75, 3.05) is 12.9 Å². The first kappa shape index (κ1) is 12.1. The van der Waals surface area contributed by atoms with Gasteiger partial charge in [0.25, 0.3) is 10.1 Å². The highest BCUT2D eigenvalue weighted by Gasteiger charge is 2.01.